The summed E-state index contributed by atoms with van der Waals surface area (Å²) in [6, 6.07) is 11.2. The van der Waals surface area contributed by atoms with Crippen LogP contribution in [0.3, 0.4) is 0 Å². The Labute approximate surface area is 163 Å². The maximum absolute atomic E-state index is 10.9. The molecule has 2 rings (SSSR count). The minimum absolute atomic E-state index is 0.237. The summed E-state index contributed by atoms with van der Waals surface area (Å²) in [6.45, 7) is 3.80. The molecule has 0 fully saturated rings. The van der Waals surface area contributed by atoms with Crippen LogP contribution in [-0.2, 0) is 4.79 Å². The third-order valence-corrected chi connectivity index (χ3v) is 3.76. The van der Waals surface area contributed by atoms with Crippen molar-refractivity contribution in [3.63, 3.8) is 0 Å². The van der Waals surface area contributed by atoms with E-state index in [-0.39, 0.29) is 6.61 Å². The molecule has 8 heteroatoms. The van der Waals surface area contributed by atoms with E-state index < -0.39 is 5.91 Å². The number of hydrogen-bond donors (Lipinski definition) is 3. The van der Waals surface area contributed by atoms with E-state index in [0.717, 1.165) is 16.8 Å². The van der Waals surface area contributed by atoms with E-state index in [9.17, 15) is 4.79 Å². The first-order valence-electron chi connectivity index (χ1n) is 8.15. The molecule has 1 amide bonds. The summed E-state index contributed by atoms with van der Waals surface area (Å²) in [6.07, 6.45) is 1.58. The molecule has 0 saturated heterocycles. The third-order valence-electron chi connectivity index (χ3n) is 3.57. The molecule has 0 heterocycles. The van der Waals surface area contributed by atoms with E-state index in [1.165, 1.54) is 12.7 Å². The molecule has 2 aromatic rings. The van der Waals surface area contributed by atoms with E-state index >= 15 is 0 Å². The number of carbonyl (C=O) groups excluding carboxylic acids is 1. The molecule has 0 aliphatic rings. The first kappa shape index (κ1) is 20.2. The number of rotatable bonds is 7. The number of nitrogens with one attached hydrogen (secondary N) is 2. The van der Waals surface area contributed by atoms with Crippen molar-refractivity contribution in [1.82, 2.24) is 5.43 Å². The van der Waals surface area contributed by atoms with Crippen LogP contribution in [0.1, 0.15) is 16.7 Å². The average Bonchev–Trinajstić information content (AvgIpc) is 2.62. The Morgan fingerprint density at radius 3 is 2.67 bits per heavy atom. The number of thiocarbonyl (C=S) groups is 1. The van der Waals surface area contributed by atoms with Gasteiger partial charge in [-0.2, -0.15) is 5.10 Å². The monoisotopic (exact) mass is 386 g/mol. The Morgan fingerprint density at radius 1 is 1.22 bits per heavy atom. The summed E-state index contributed by atoms with van der Waals surface area (Å²) in [5.74, 6) is 0.324. The number of amides is 1. The van der Waals surface area contributed by atoms with Crippen LogP contribution in [0, 0.1) is 13.8 Å². The molecule has 142 valence electrons. The Bertz CT molecular complexity index is 868. The number of nitrogens with two attached hydrogens (primary N) is 1. The molecule has 0 bridgehead atoms. The number of nitrogens with zero attached hydrogens (tertiary/aromatic N) is 1. The number of carbonyl (C=O) groups is 1. The van der Waals surface area contributed by atoms with E-state index in [4.69, 9.17) is 27.4 Å². The second kappa shape index (κ2) is 9.54. The zero-order valence-corrected chi connectivity index (χ0v) is 16.2. The number of anilines is 1. The number of aryl methyl sites for hydroxylation is 2. The lowest BCUT2D eigenvalue weighted by atomic mass is 10.1. The topological polar surface area (TPSA) is 98.0 Å². The SMILES string of the molecule is COc1ccc(C=NNC(=S)Nc2ccc(C)cc2C)cc1OCC(N)=O. The van der Waals surface area contributed by atoms with Crippen molar-refractivity contribution in [3.05, 3.63) is 53.1 Å². The highest BCUT2D eigenvalue weighted by Gasteiger charge is 2.07. The number of benzene rings is 2. The van der Waals surface area contributed by atoms with Crippen LogP contribution in [0.15, 0.2) is 41.5 Å². The summed E-state index contributed by atoms with van der Waals surface area (Å²) in [5.41, 5.74) is 11.8. The summed E-state index contributed by atoms with van der Waals surface area (Å²) in [7, 11) is 1.51. The maximum Gasteiger partial charge on any atom is 0.255 e. The fraction of sp³-hybridized carbons (Fsp3) is 0.211. The van der Waals surface area contributed by atoms with Gasteiger partial charge in [-0.1, -0.05) is 17.7 Å². The Morgan fingerprint density at radius 2 is 2.00 bits per heavy atom. The van der Waals surface area contributed by atoms with Crippen LogP contribution >= 0.6 is 12.2 Å². The zero-order valence-electron chi connectivity index (χ0n) is 15.4. The molecule has 0 aliphatic carbocycles. The van der Waals surface area contributed by atoms with Crippen LogP contribution < -0.4 is 25.9 Å². The van der Waals surface area contributed by atoms with Gasteiger partial charge >= 0.3 is 0 Å². The second-order valence-electron chi connectivity index (χ2n) is 5.81. The first-order valence-corrected chi connectivity index (χ1v) is 8.56. The molecule has 0 spiro atoms. The smallest absolute Gasteiger partial charge is 0.255 e. The highest BCUT2D eigenvalue weighted by Crippen LogP contribution is 2.27. The molecule has 4 N–H and O–H groups in total. The van der Waals surface area contributed by atoms with Gasteiger partial charge in [0.15, 0.2) is 23.2 Å². The Kier molecular flexibility index (Phi) is 7.13. The van der Waals surface area contributed by atoms with Gasteiger partial charge in [0.25, 0.3) is 5.91 Å². The molecule has 7 nitrogen and oxygen atoms in total. The molecule has 0 aromatic heterocycles. The lowest BCUT2D eigenvalue weighted by molar-refractivity contribution is -0.119. The molecule has 0 saturated carbocycles. The predicted octanol–water partition coefficient (Wildman–Crippen LogP) is 2.50. The van der Waals surface area contributed by atoms with Gasteiger partial charge in [-0.3, -0.25) is 10.2 Å². The molecule has 0 radical (unpaired) electrons. The number of hydrogen-bond acceptors (Lipinski definition) is 5. The second-order valence-corrected chi connectivity index (χ2v) is 6.22. The molecule has 0 unspecified atom stereocenters. The number of hydrazone groups is 1. The summed E-state index contributed by atoms with van der Waals surface area (Å²) in [4.78, 5) is 10.9. The van der Waals surface area contributed by atoms with Crippen molar-refractivity contribution < 1.29 is 14.3 Å². The molecular formula is C19H22N4O3S. The van der Waals surface area contributed by atoms with Gasteiger partial charge in [-0.05, 0) is 61.5 Å². The minimum atomic E-state index is -0.569. The normalized spacial score (nSPS) is 10.5. The average molecular weight is 386 g/mol. The number of ether oxygens (including phenoxy) is 2. The van der Waals surface area contributed by atoms with Crippen molar-refractivity contribution in [3.8, 4) is 11.5 Å². The van der Waals surface area contributed by atoms with Gasteiger partial charge in [0, 0.05) is 5.69 Å². The van der Waals surface area contributed by atoms with Gasteiger partial charge in [-0.15, -0.1) is 0 Å². The van der Waals surface area contributed by atoms with Gasteiger partial charge in [0.05, 0.1) is 13.3 Å². The van der Waals surface area contributed by atoms with Crippen LogP contribution in [0.4, 0.5) is 5.69 Å². The van der Waals surface area contributed by atoms with Crippen molar-refractivity contribution in [2.24, 2.45) is 10.8 Å². The van der Waals surface area contributed by atoms with Crippen molar-refractivity contribution >= 4 is 35.1 Å². The maximum atomic E-state index is 10.9. The van der Waals surface area contributed by atoms with E-state index in [1.807, 2.05) is 26.0 Å². The van der Waals surface area contributed by atoms with E-state index in [2.05, 4.69) is 21.9 Å². The molecular weight excluding hydrogens is 364 g/mol. The Hall–Kier alpha value is -3.13. The lowest BCUT2D eigenvalue weighted by Crippen LogP contribution is -2.24. The number of primary amides is 1. The largest absolute Gasteiger partial charge is 0.493 e. The minimum Gasteiger partial charge on any atom is -0.493 e. The van der Waals surface area contributed by atoms with Crippen LogP contribution in [0.25, 0.3) is 0 Å². The van der Waals surface area contributed by atoms with Gasteiger partial charge in [0.1, 0.15) is 0 Å². The fourth-order valence-electron chi connectivity index (χ4n) is 2.30. The highest BCUT2D eigenvalue weighted by molar-refractivity contribution is 7.80. The summed E-state index contributed by atoms with van der Waals surface area (Å²) >= 11 is 5.25. The van der Waals surface area contributed by atoms with E-state index in [1.54, 1.807) is 24.4 Å². The standard InChI is InChI=1S/C19H22N4O3S/c1-12-4-6-15(13(2)8-12)22-19(27)23-21-10-14-5-7-16(25-3)17(9-14)26-11-18(20)24/h4-10H,11H2,1-3H3,(H2,20,24)(H2,22,23,27). The quantitative estimate of drug-likeness (QED) is 0.384. The Balaban J connectivity index is 1.99. The van der Waals surface area contributed by atoms with Gasteiger partial charge in [-0.25, -0.2) is 0 Å². The van der Waals surface area contributed by atoms with Crippen LogP contribution in [0.2, 0.25) is 0 Å². The van der Waals surface area contributed by atoms with Crippen LogP contribution in [-0.4, -0.2) is 31.0 Å². The fourth-order valence-corrected chi connectivity index (χ4v) is 2.47. The zero-order chi connectivity index (χ0) is 19.8. The molecule has 2 aromatic carbocycles. The van der Waals surface area contributed by atoms with Gasteiger partial charge < -0.3 is 20.5 Å². The summed E-state index contributed by atoms with van der Waals surface area (Å²) < 4.78 is 10.5. The van der Waals surface area contributed by atoms with Gasteiger partial charge in [0.2, 0.25) is 0 Å². The van der Waals surface area contributed by atoms with Crippen molar-refractivity contribution in [2.75, 3.05) is 19.0 Å². The van der Waals surface area contributed by atoms with Crippen molar-refractivity contribution in [1.29, 1.82) is 0 Å². The summed E-state index contributed by atoms with van der Waals surface area (Å²) in [5, 5.41) is 7.58. The molecule has 0 aliphatic heterocycles. The molecule has 0 atom stereocenters. The molecule has 27 heavy (non-hydrogen) atoms. The van der Waals surface area contributed by atoms with E-state index in [0.29, 0.717) is 16.6 Å². The van der Waals surface area contributed by atoms with Crippen LogP contribution in [0.5, 0.6) is 11.5 Å². The first-order chi connectivity index (χ1) is 12.9. The number of methoxy groups -OCH3 is 1. The lowest BCUT2D eigenvalue weighted by Gasteiger charge is -2.11. The van der Waals surface area contributed by atoms with Crippen molar-refractivity contribution in [2.45, 2.75) is 13.8 Å². The predicted molar refractivity (Wildman–Crippen MR) is 111 cm³/mol. The highest BCUT2D eigenvalue weighted by atomic mass is 32.1. The third kappa shape index (κ3) is 6.27.